The number of nitrogens with zero attached hydrogens (tertiary/aromatic N) is 2. The van der Waals surface area contributed by atoms with E-state index in [1.54, 1.807) is 10.7 Å². The second-order valence-corrected chi connectivity index (χ2v) is 6.03. The van der Waals surface area contributed by atoms with Crippen molar-refractivity contribution in [2.45, 2.75) is 25.3 Å². The van der Waals surface area contributed by atoms with Crippen LogP contribution >= 0.6 is 10.7 Å². The topological polar surface area (TPSA) is 52.0 Å². The third-order valence-electron chi connectivity index (χ3n) is 2.48. The number of aryl methyl sites for hydroxylation is 2. The van der Waals surface area contributed by atoms with Crippen LogP contribution in [-0.4, -0.2) is 18.2 Å². The molecule has 0 saturated heterocycles. The number of fused-ring (bicyclic) bond motifs is 1. The summed E-state index contributed by atoms with van der Waals surface area (Å²) in [6, 6.07) is 5.01. The molecular formula is C10H11ClN2O2S. The van der Waals surface area contributed by atoms with Crippen LogP contribution in [0.5, 0.6) is 0 Å². The average molecular weight is 259 g/mol. The smallest absolute Gasteiger partial charge is 0.263 e. The molecule has 86 valence electrons. The van der Waals surface area contributed by atoms with E-state index in [-0.39, 0.29) is 4.90 Å². The molecule has 1 aromatic heterocycles. The molecule has 0 spiro atoms. The van der Waals surface area contributed by atoms with Gasteiger partial charge in [-0.05, 0) is 19.9 Å². The molecule has 1 aromatic carbocycles. The van der Waals surface area contributed by atoms with Crippen LogP contribution in [0.4, 0.5) is 0 Å². The fourth-order valence-electron chi connectivity index (χ4n) is 1.79. The quantitative estimate of drug-likeness (QED) is 0.777. The van der Waals surface area contributed by atoms with Crippen molar-refractivity contribution < 1.29 is 8.42 Å². The van der Waals surface area contributed by atoms with Gasteiger partial charge >= 0.3 is 0 Å². The number of hydrogen-bond donors (Lipinski definition) is 0. The summed E-state index contributed by atoms with van der Waals surface area (Å²) in [7, 11) is 1.67. The van der Waals surface area contributed by atoms with E-state index < -0.39 is 9.05 Å². The van der Waals surface area contributed by atoms with Crippen molar-refractivity contribution in [3.05, 3.63) is 23.9 Å². The predicted molar refractivity (Wildman–Crippen MR) is 63.2 cm³/mol. The molecule has 0 fully saturated rings. The standard InChI is InChI=1S/C10H11ClN2O2S/c1-3-13-10-8(7(2)12-13)5-4-6-9(10)16(11,14)15/h4-6H,3H2,1-2H3. The molecule has 2 aromatic rings. The van der Waals surface area contributed by atoms with Crippen molar-refractivity contribution in [2.24, 2.45) is 0 Å². The van der Waals surface area contributed by atoms with E-state index in [1.807, 2.05) is 19.9 Å². The van der Waals surface area contributed by atoms with E-state index >= 15 is 0 Å². The summed E-state index contributed by atoms with van der Waals surface area (Å²) in [5.41, 5.74) is 1.39. The molecule has 0 saturated carbocycles. The second kappa shape index (κ2) is 3.75. The van der Waals surface area contributed by atoms with Crippen molar-refractivity contribution in [1.29, 1.82) is 0 Å². The van der Waals surface area contributed by atoms with Crippen LogP contribution in [0.15, 0.2) is 23.1 Å². The average Bonchev–Trinajstić information content (AvgIpc) is 2.54. The molecule has 1 heterocycles. The molecule has 0 bridgehead atoms. The molecular weight excluding hydrogens is 248 g/mol. The van der Waals surface area contributed by atoms with Crippen LogP contribution in [0.3, 0.4) is 0 Å². The van der Waals surface area contributed by atoms with Crippen LogP contribution in [-0.2, 0) is 15.6 Å². The first-order valence-electron chi connectivity index (χ1n) is 4.86. The van der Waals surface area contributed by atoms with Gasteiger partial charge in [-0.2, -0.15) is 5.10 Å². The molecule has 2 rings (SSSR count). The zero-order valence-electron chi connectivity index (χ0n) is 8.94. The Labute approximate surface area is 98.2 Å². The third kappa shape index (κ3) is 1.70. The lowest BCUT2D eigenvalue weighted by atomic mass is 10.2. The maximum atomic E-state index is 11.4. The number of para-hydroxylation sites is 1. The monoisotopic (exact) mass is 258 g/mol. The van der Waals surface area contributed by atoms with Crippen molar-refractivity contribution in [3.63, 3.8) is 0 Å². The van der Waals surface area contributed by atoms with Gasteiger partial charge in [0.1, 0.15) is 4.90 Å². The number of aromatic nitrogens is 2. The first-order chi connectivity index (χ1) is 7.45. The molecule has 0 N–H and O–H groups in total. The molecule has 0 aliphatic rings. The van der Waals surface area contributed by atoms with Crippen LogP contribution in [0, 0.1) is 6.92 Å². The summed E-state index contributed by atoms with van der Waals surface area (Å²) in [5.74, 6) is 0. The Morgan fingerprint density at radius 2 is 2.12 bits per heavy atom. The van der Waals surface area contributed by atoms with Crippen LogP contribution in [0.2, 0.25) is 0 Å². The minimum absolute atomic E-state index is 0.120. The first kappa shape index (κ1) is 11.4. The van der Waals surface area contributed by atoms with Crippen molar-refractivity contribution >= 4 is 30.6 Å². The molecule has 0 aliphatic heterocycles. The van der Waals surface area contributed by atoms with Gasteiger partial charge in [0.15, 0.2) is 0 Å². The SMILES string of the molecule is CCn1nc(C)c2cccc(S(=O)(=O)Cl)c21. The van der Waals surface area contributed by atoms with Gasteiger partial charge in [-0.25, -0.2) is 8.42 Å². The summed E-state index contributed by atoms with van der Waals surface area (Å²) in [4.78, 5) is 0.120. The second-order valence-electron chi connectivity index (χ2n) is 3.49. The minimum atomic E-state index is -3.74. The zero-order chi connectivity index (χ0) is 11.9. The Morgan fingerprint density at radius 1 is 1.44 bits per heavy atom. The Hall–Kier alpha value is -1.07. The summed E-state index contributed by atoms with van der Waals surface area (Å²) in [6.45, 7) is 4.36. The van der Waals surface area contributed by atoms with Crippen LogP contribution in [0.1, 0.15) is 12.6 Å². The van der Waals surface area contributed by atoms with Gasteiger partial charge in [0.05, 0.1) is 11.2 Å². The van der Waals surface area contributed by atoms with Gasteiger partial charge in [-0.3, -0.25) is 4.68 Å². The lowest BCUT2D eigenvalue weighted by Crippen LogP contribution is -2.00. The van der Waals surface area contributed by atoms with Gasteiger partial charge in [0, 0.05) is 22.6 Å². The highest BCUT2D eigenvalue weighted by molar-refractivity contribution is 8.14. The van der Waals surface area contributed by atoms with Crippen molar-refractivity contribution in [1.82, 2.24) is 9.78 Å². The van der Waals surface area contributed by atoms with E-state index in [9.17, 15) is 8.42 Å². The zero-order valence-corrected chi connectivity index (χ0v) is 10.5. The van der Waals surface area contributed by atoms with Gasteiger partial charge < -0.3 is 0 Å². The third-order valence-corrected chi connectivity index (χ3v) is 3.83. The molecule has 0 unspecified atom stereocenters. The molecule has 0 radical (unpaired) electrons. The largest absolute Gasteiger partial charge is 0.264 e. The summed E-state index contributed by atoms with van der Waals surface area (Å²) in [6.07, 6.45) is 0. The van der Waals surface area contributed by atoms with Gasteiger partial charge in [-0.1, -0.05) is 12.1 Å². The highest BCUT2D eigenvalue weighted by Gasteiger charge is 2.18. The molecule has 4 nitrogen and oxygen atoms in total. The van der Waals surface area contributed by atoms with Crippen LogP contribution < -0.4 is 0 Å². The number of hydrogen-bond acceptors (Lipinski definition) is 3. The van der Waals surface area contributed by atoms with Crippen molar-refractivity contribution in [3.8, 4) is 0 Å². The van der Waals surface area contributed by atoms with E-state index in [2.05, 4.69) is 5.10 Å². The Balaban J connectivity index is 2.96. The van der Waals surface area contributed by atoms with Gasteiger partial charge in [0.2, 0.25) is 0 Å². The molecule has 16 heavy (non-hydrogen) atoms. The van der Waals surface area contributed by atoms with Gasteiger partial charge in [0.25, 0.3) is 9.05 Å². The van der Waals surface area contributed by atoms with E-state index in [1.165, 1.54) is 6.07 Å². The van der Waals surface area contributed by atoms with Gasteiger partial charge in [-0.15, -0.1) is 0 Å². The molecule has 6 heteroatoms. The lowest BCUT2D eigenvalue weighted by molar-refractivity contribution is 0.608. The number of halogens is 1. The summed E-state index contributed by atoms with van der Waals surface area (Å²) < 4.78 is 24.5. The van der Waals surface area contributed by atoms with E-state index in [4.69, 9.17) is 10.7 Å². The molecule has 0 atom stereocenters. The maximum absolute atomic E-state index is 11.4. The highest BCUT2D eigenvalue weighted by Crippen LogP contribution is 2.27. The lowest BCUT2D eigenvalue weighted by Gasteiger charge is -2.02. The van der Waals surface area contributed by atoms with E-state index in [0.717, 1.165) is 11.1 Å². The highest BCUT2D eigenvalue weighted by atomic mass is 35.7. The first-order valence-corrected chi connectivity index (χ1v) is 7.17. The Morgan fingerprint density at radius 3 is 2.69 bits per heavy atom. The Bertz CT molecular complexity index is 646. The number of rotatable bonds is 2. The maximum Gasteiger partial charge on any atom is 0.263 e. The summed E-state index contributed by atoms with van der Waals surface area (Å²) >= 11 is 0. The molecule has 0 aliphatic carbocycles. The van der Waals surface area contributed by atoms with Crippen LogP contribution in [0.25, 0.3) is 10.9 Å². The fraction of sp³-hybridized carbons (Fsp3) is 0.300. The van der Waals surface area contributed by atoms with Crippen molar-refractivity contribution in [2.75, 3.05) is 0 Å². The van der Waals surface area contributed by atoms with E-state index in [0.29, 0.717) is 12.1 Å². The Kier molecular flexibility index (Phi) is 2.67. The minimum Gasteiger partial charge on any atom is -0.264 e. The predicted octanol–water partition coefficient (Wildman–Crippen LogP) is 2.29. The summed E-state index contributed by atoms with van der Waals surface area (Å²) in [5, 5.41) is 5.10. The normalized spacial score (nSPS) is 12.2. The number of benzene rings is 1. The fourth-order valence-corrected chi connectivity index (χ4v) is 2.85. The molecule has 0 amide bonds.